The predicted molar refractivity (Wildman–Crippen MR) is 172 cm³/mol. The number of H-pyrrole nitrogens is 3. The molecule has 3 amide bonds. The molecule has 0 aliphatic carbocycles. The monoisotopic (exact) mass is 630 g/mol. The summed E-state index contributed by atoms with van der Waals surface area (Å²) < 4.78 is 0. The first-order valence-electron chi connectivity index (χ1n) is 14.3. The van der Waals surface area contributed by atoms with Gasteiger partial charge in [0.1, 0.15) is 18.1 Å². The molecular weight excluding hydrogens is 596 g/mol. The van der Waals surface area contributed by atoms with Gasteiger partial charge in [-0.15, -0.1) is 0 Å². The van der Waals surface area contributed by atoms with Crippen LogP contribution in [0.4, 0.5) is 0 Å². The van der Waals surface area contributed by atoms with E-state index < -0.39 is 47.9 Å². The molecule has 0 saturated heterocycles. The normalized spacial score (nSPS) is 14.0. The number of rotatable bonds is 14. The molecule has 0 aliphatic rings. The number of aliphatic carboxylic acids is 1. The van der Waals surface area contributed by atoms with Gasteiger partial charge in [0, 0.05) is 64.7 Å². The molecule has 0 spiro atoms. The molecule has 0 radical (unpaired) electrons. The summed E-state index contributed by atoms with van der Waals surface area (Å²) in [6.07, 6.45) is 6.74. The van der Waals surface area contributed by atoms with E-state index in [9.17, 15) is 24.3 Å². The van der Waals surface area contributed by atoms with Crippen LogP contribution in [0.2, 0.25) is 0 Å². The lowest BCUT2D eigenvalue weighted by molar-refractivity contribution is -0.142. The number of nitrogens with one attached hydrogen (secondary N) is 6. The second-order valence-corrected chi connectivity index (χ2v) is 11.1. The van der Waals surface area contributed by atoms with Crippen LogP contribution >= 0.6 is 12.6 Å². The summed E-state index contributed by atoms with van der Waals surface area (Å²) >= 11 is 4.23. The summed E-state index contributed by atoms with van der Waals surface area (Å²) in [7, 11) is 0. The molecule has 2 aromatic carbocycles. The second-order valence-electron chi connectivity index (χ2n) is 10.7. The van der Waals surface area contributed by atoms with Crippen LogP contribution in [0.3, 0.4) is 0 Å². The lowest BCUT2D eigenvalue weighted by atomic mass is 10.0. The summed E-state index contributed by atoms with van der Waals surface area (Å²) in [5.41, 5.74) is 10.2. The van der Waals surface area contributed by atoms with E-state index in [0.717, 1.165) is 32.9 Å². The van der Waals surface area contributed by atoms with E-state index in [4.69, 9.17) is 5.73 Å². The number of carbonyl (C=O) groups excluding carboxylic acids is 3. The molecule has 3 heterocycles. The minimum Gasteiger partial charge on any atom is -0.480 e. The van der Waals surface area contributed by atoms with Crippen molar-refractivity contribution in [1.29, 1.82) is 0 Å². The van der Waals surface area contributed by atoms with Gasteiger partial charge in [0.05, 0.1) is 12.4 Å². The minimum atomic E-state index is -1.26. The molecule has 5 aromatic rings. The molecule has 4 unspecified atom stereocenters. The Morgan fingerprint density at radius 2 is 1.31 bits per heavy atom. The van der Waals surface area contributed by atoms with E-state index in [2.05, 4.69) is 48.5 Å². The molecule has 234 valence electrons. The van der Waals surface area contributed by atoms with Crippen molar-refractivity contribution in [2.24, 2.45) is 5.73 Å². The van der Waals surface area contributed by atoms with Gasteiger partial charge < -0.3 is 41.7 Å². The summed E-state index contributed by atoms with van der Waals surface area (Å²) in [6, 6.07) is 10.5. The van der Waals surface area contributed by atoms with E-state index in [1.54, 1.807) is 12.4 Å². The number of benzene rings is 2. The number of thiol groups is 1. The number of aromatic amines is 3. The number of para-hydroxylation sites is 2. The Bertz CT molecular complexity index is 1800. The molecular formula is C31H34N8O5S. The van der Waals surface area contributed by atoms with Crippen LogP contribution in [-0.4, -0.2) is 78.7 Å². The zero-order valence-corrected chi connectivity index (χ0v) is 25.0. The molecule has 0 bridgehead atoms. The lowest BCUT2D eigenvalue weighted by Crippen LogP contribution is -2.58. The number of carbonyl (C=O) groups is 4. The number of imidazole rings is 1. The number of aromatic nitrogens is 4. The van der Waals surface area contributed by atoms with Crippen LogP contribution in [0.1, 0.15) is 16.8 Å². The van der Waals surface area contributed by atoms with Gasteiger partial charge in [0.15, 0.2) is 0 Å². The quantitative estimate of drug-likeness (QED) is 0.0818. The molecule has 4 atom stereocenters. The van der Waals surface area contributed by atoms with Crippen molar-refractivity contribution in [3.8, 4) is 0 Å². The Morgan fingerprint density at radius 3 is 1.89 bits per heavy atom. The fraction of sp³-hybridized carbons (Fsp3) is 0.258. The molecule has 13 nitrogen and oxygen atoms in total. The van der Waals surface area contributed by atoms with Gasteiger partial charge >= 0.3 is 5.97 Å². The molecule has 14 heteroatoms. The van der Waals surface area contributed by atoms with Gasteiger partial charge in [-0.05, 0) is 29.7 Å². The van der Waals surface area contributed by atoms with Crippen molar-refractivity contribution in [3.05, 3.63) is 90.3 Å². The van der Waals surface area contributed by atoms with Gasteiger partial charge in [-0.3, -0.25) is 14.4 Å². The van der Waals surface area contributed by atoms with Gasteiger partial charge in [-0.2, -0.15) is 12.6 Å². The topological polar surface area (TPSA) is 211 Å². The summed E-state index contributed by atoms with van der Waals surface area (Å²) in [5.74, 6) is -3.31. The second kappa shape index (κ2) is 14.1. The Balaban J connectivity index is 1.25. The van der Waals surface area contributed by atoms with Gasteiger partial charge in [0.25, 0.3) is 0 Å². The summed E-state index contributed by atoms with van der Waals surface area (Å²) in [5, 5.41) is 19.5. The van der Waals surface area contributed by atoms with Crippen molar-refractivity contribution in [2.45, 2.75) is 43.4 Å². The number of hydrogen-bond donors (Lipinski definition) is 9. The third kappa shape index (κ3) is 7.53. The Kier molecular flexibility index (Phi) is 9.85. The molecule has 3 aromatic heterocycles. The average Bonchev–Trinajstić information content (AvgIpc) is 3.80. The molecule has 0 fully saturated rings. The number of hydrogen-bond acceptors (Lipinski definition) is 7. The Morgan fingerprint density at radius 1 is 0.756 bits per heavy atom. The highest BCUT2D eigenvalue weighted by Crippen LogP contribution is 2.20. The van der Waals surface area contributed by atoms with Crippen LogP contribution in [0, 0.1) is 0 Å². The van der Waals surface area contributed by atoms with Crippen molar-refractivity contribution in [2.75, 3.05) is 5.75 Å². The first kappa shape index (κ1) is 31.3. The minimum absolute atomic E-state index is 0.0190. The van der Waals surface area contributed by atoms with Crippen LogP contribution in [0.25, 0.3) is 21.8 Å². The maximum atomic E-state index is 13.5. The van der Waals surface area contributed by atoms with Gasteiger partial charge in [-0.1, -0.05) is 36.4 Å². The van der Waals surface area contributed by atoms with Gasteiger partial charge in [-0.25, -0.2) is 9.78 Å². The first-order valence-corrected chi connectivity index (χ1v) is 14.9. The standard InChI is InChI=1S/C31H34N8O5S/c32-22(9-17-12-34-23-7-3-1-5-20(17)23)28(40)37-25(11-19-14-33-16-36-19)29(41)39-27(15-45)30(42)38-26(31(43)44)10-18-13-35-24-8-4-2-6-21(18)24/h1-8,12-14,16,22,25-27,34-35,45H,9-11,15,32H2,(H,33,36)(H,37,40)(H,38,42)(H,39,41)(H,43,44). The van der Waals surface area contributed by atoms with E-state index in [1.165, 1.54) is 12.5 Å². The smallest absolute Gasteiger partial charge is 0.326 e. The Hall–Kier alpha value is -5.08. The third-order valence-electron chi connectivity index (χ3n) is 7.59. The number of nitrogens with two attached hydrogens (primary N) is 1. The summed E-state index contributed by atoms with van der Waals surface area (Å²) in [6.45, 7) is 0. The molecule has 45 heavy (non-hydrogen) atoms. The first-order chi connectivity index (χ1) is 21.7. The fourth-order valence-corrected chi connectivity index (χ4v) is 5.45. The average molecular weight is 631 g/mol. The van der Waals surface area contributed by atoms with Crippen LogP contribution < -0.4 is 21.7 Å². The number of carboxylic acids is 1. The third-order valence-corrected chi connectivity index (χ3v) is 7.96. The number of fused-ring (bicyclic) bond motifs is 2. The van der Waals surface area contributed by atoms with Crippen LogP contribution in [-0.2, 0) is 38.4 Å². The van der Waals surface area contributed by atoms with Crippen LogP contribution in [0.15, 0.2) is 73.4 Å². The van der Waals surface area contributed by atoms with E-state index in [1.807, 2.05) is 48.5 Å². The van der Waals surface area contributed by atoms with Crippen molar-refractivity contribution < 1.29 is 24.3 Å². The van der Waals surface area contributed by atoms with E-state index in [0.29, 0.717) is 5.69 Å². The maximum absolute atomic E-state index is 13.5. The highest BCUT2D eigenvalue weighted by molar-refractivity contribution is 7.80. The molecule has 0 saturated carbocycles. The summed E-state index contributed by atoms with van der Waals surface area (Å²) in [4.78, 5) is 65.1. The number of carboxylic acid groups (broad SMARTS) is 1. The zero-order chi connectivity index (χ0) is 31.9. The largest absolute Gasteiger partial charge is 0.480 e. The highest BCUT2D eigenvalue weighted by Gasteiger charge is 2.31. The number of nitrogens with zero attached hydrogens (tertiary/aromatic N) is 1. The number of amides is 3. The predicted octanol–water partition coefficient (Wildman–Crippen LogP) is 1.20. The highest BCUT2D eigenvalue weighted by atomic mass is 32.1. The van der Waals surface area contributed by atoms with Crippen molar-refractivity contribution in [1.82, 2.24) is 35.9 Å². The zero-order valence-electron chi connectivity index (χ0n) is 24.1. The molecule has 0 aliphatic heterocycles. The van der Waals surface area contributed by atoms with Gasteiger partial charge in [0.2, 0.25) is 17.7 Å². The van der Waals surface area contributed by atoms with E-state index >= 15 is 0 Å². The maximum Gasteiger partial charge on any atom is 0.326 e. The molecule has 5 rings (SSSR count). The molecule has 9 N–H and O–H groups in total. The van der Waals surface area contributed by atoms with Crippen molar-refractivity contribution >= 4 is 58.1 Å². The van der Waals surface area contributed by atoms with Crippen molar-refractivity contribution in [3.63, 3.8) is 0 Å². The van der Waals surface area contributed by atoms with Crippen LogP contribution in [0.5, 0.6) is 0 Å². The fourth-order valence-electron chi connectivity index (χ4n) is 5.19. The SMILES string of the molecule is NC(Cc1c[nH]c2ccccc12)C(=O)NC(Cc1cnc[nH]1)C(=O)NC(CS)C(=O)NC(Cc1c[nH]c2ccccc12)C(=O)O. The van der Waals surface area contributed by atoms with E-state index in [-0.39, 0.29) is 25.0 Å². The Labute approximate surface area is 263 Å². The lowest BCUT2D eigenvalue weighted by Gasteiger charge is -2.24.